The molecule has 1 aliphatic rings. The summed E-state index contributed by atoms with van der Waals surface area (Å²) < 4.78 is 36.0. The Kier molecular flexibility index (Phi) is 3.85. The summed E-state index contributed by atoms with van der Waals surface area (Å²) >= 11 is -0.0833. The van der Waals surface area contributed by atoms with Crippen molar-refractivity contribution in [3.63, 3.8) is 0 Å². The minimum Gasteiger partial charge on any atom is -0.337 e. The molecule has 0 aliphatic carbocycles. The first-order valence-corrected chi connectivity index (χ1v) is 6.54. The fourth-order valence-electron chi connectivity index (χ4n) is 1.96. The molecule has 1 aliphatic heterocycles. The molecule has 0 N–H and O–H groups in total. The second-order valence-electron chi connectivity index (χ2n) is 3.99. The zero-order valence-electron chi connectivity index (χ0n) is 9.54. The molecule has 0 bridgehead atoms. The van der Waals surface area contributed by atoms with Crippen LogP contribution in [0.5, 0.6) is 0 Å². The number of benzene rings is 1. The molecule has 98 valence electrons. The van der Waals surface area contributed by atoms with E-state index >= 15 is 0 Å². The second-order valence-corrected chi connectivity index (χ2v) is 5.15. The van der Waals surface area contributed by atoms with Crippen molar-refractivity contribution >= 4 is 17.7 Å². The van der Waals surface area contributed by atoms with Crippen LogP contribution < -0.4 is 0 Å². The van der Waals surface area contributed by atoms with E-state index in [1.165, 1.54) is 4.90 Å². The van der Waals surface area contributed by atoms with E-state index in [-0.39, 0.29) is 30.0 Å². The monoisotopic (exact) mass is 275 g/mol. The predicted octanol–water partition coefficient (Wildman–Crippen LogP) is 2.94. The highest BCUT2D eigenvalue weighted by Gasteiger charge is 2.29. The maximum absolute atomic E-state index is 12.0. The lowest BCUT2D eigenvalue weighted by Gasteiger charge is -2.28. The minimum absolute atomic E-state index is 0.0833. The Balaban J connectivity index is 1.96. The zero-order chi connectivity index (χ0) is 13.2. The Morgan fingerprint density at radius 2 is 2.00 bits per heavy atom. The van der Waals surface area contributed by atoms with Gasteiger partial charge in [0, 0.05) is 24.4 Å². The fraction of sp³-hybridized carbons (Fsp3) is 0.417. The van der Waals surface area contributed by atoms with Crippen LogP contribution in [0.15, 0.2) is 24.3 Å². The van der Waals surface area contributed by atoms with Crippen molar-refractivity contribution in [2.24, 2.45) is 0 Å². The first-order chi connectivity index (χ1) is 8.47. The van der Waals surface area contributed by atoms with E-state index < -0.39 is 5.51 Å². The van der Waals surface area contributed by atoms with Gasteiger partial charge in [0.05, 0.1) is 0 Å². The molecule has 0 unspecified atom stereocenters. The average Bonchev–Trinajstić information content (AvgIpc) is 2.31. The van der Waals surface area contributed by atoms with E-state index in [0.717, 1.165) is 5.56 Å². The Morgan fingerprint density at radius 3 is 2.72 bits per heavy atom. The van der Waals surface area contributed by atoms with E-state index in [1.54, 1.807) is 12.1 Å². The number of carbonyl (C=O) groups is 1. The average molecular weight is 275 g/mol. The molecule has 0 aromatic heterocycles. The number of hydrogen-bond acceptors (Lipinski definition) is 2. The molecule has 0 atom stereocenters. The number of carbonyl (C=O) groups excluding carboxylic acids is 1. The summed E-state index contributed by atoms with van der Waals surface area (Å²) in [5.41, 5.74) is -2.64. The van der Waals surface area contributed by atoms with Gasteiger partial charge in [-0.15, -0.1) is 0 Å². The topological polar surface area (TPSA) is 20.3 Å². The molecular weight excluding hydrogens is 263 g/mol. The number of fused-ring (bicyclic) bond motifs is 1. The molecule has 2 nitrogen and oxygen atoms in total. The van der Waals surface area contributed by atoms with Gasteiger partial charge in [-0.2, -0.15) is 13.2 Å². The van der Waals surface area contributed by atoms with E-state index in [1.807, 2.05) is 12.1 Å². The lowest BCUT2D eigenvalue weighted by atomic mass is 9.99. The molecule has 0 saturated heterocycles. The van der Waals surface area contributed by atoms with Gasteiger partial charge in [0.15, 0.2) is 0 Å². The van der Waals surface area contributed by atoms with E-state index in [9.17, 15) is 18.0 Å². The summed E-state index contributed by atoms with van der Waals surface area (Å²) in [7, 11) is 0. The highest BCUT2D eigenvalue weighted by Crippen LogP contribution is 2.30. The Labute approximate surface area is 107 Å². The minimum atomic E-state index is -4.23. The largest absolute Gasteiger partial charge is 0.441 e. The van der Waals surface area contributed by atoms with Gasteiger partial charge in [-0.25, -0.2) is 0 Å². The number of amides is 1. The quantitative estimate of drug-likeness (QED) is 0.845. The molecule has 0 saturated carbocycles. The van der Waals surface area contributed by atoms with Crippen LogP contribution in [0.25, 0.3) is 0 Å². The van der Waals surface area contributed by atoms with Gasteiger partial charge < -0.3 is 4.90 Å². The van der Waals surface area contributed by atoms with Crippen molar-refractivity contribution in [3.05, 3.63) is 35.4 Å². The molecular formula is C12H12F3NOS. The van der Waals surface area contributed by atoms with Crippen LogP contribution in [0, 0.1) is 0 Å². The number of alkyl halides is 3. The zero-order valence-corrected chi connectivity index (χ0v) is 10.4. The normalized spacial score (nSPS) is 15.7. The van der Waals surface area contributed by atoms with Gasteiger partial charge >= 0.3 is 5.51 Å². The van der Waals surface area contributed by atoms with Crippen LogP contribution >= 0.6 is 11.8 Å². The second kappa shape index (κ2) is 5.22. The highest BCUT2D eigenvalue weighted by molar-refractivity contribution is 8.00. The molecule has 0 spiro atoms. The SMILES string of the molecule is O=C1c2ccccc2CCN1CCSC(F)(F)F. The Bertz CT molecular complexity index is 447. The number of hydrogen-bond donors (Lipinski definition) is 0. The van der Waals surface area contributed by atoms with Crippen LogP contribution in [-0.2, 0) is 6.42 Å². The summed E-state index contributed by atoms with van der Waals surface area (Å²) in [6.45, 7) is 0.631. The fourth-order valence-corrected chi connectivity index (χ4v) is 2.50. The Hall–Kier alpha value is -1.17. The summed E-state index contributed by atoms with van der Waals surface area (Å²) in [4.78, 5) is 13.5. The smallest absolute Gasteiger partial charge is 0.337 e. The van der Waals surface area contributed by atoms with E-state index in [0.29, 0.717) is 18.5 Å². The van der Waals surface area contributed by atoms with E-state index in [4.69, 9.17) is 0 Å². The molecule has 0 radical (unpaired) electrons. The molecule has 18 heavy (non-hydrogen) atoms. The van der Waals surface area contributed by atoms with Gasteiger partial charge in [0.1, 0.15) is 0 Å². The van der Waals surface area contributed by atoms with Crippen molar-refractivity contribution in [3.8, 4) is 0 Å². The highest BCUT2D eigenvalue weighted by atomic mass is 32.2. The molecule has 1 aromatic rings. The third kappa shape index (κ3) is 3.19. The van der Waals surface area contributed by atoms with Crippen molar-refractivity contribution in [2.75, 3.05) is 18.8 Å². The van der Waals surface area contributed by atoms with Gasteiger partial charge in [-0.05, 0) is 29.8 Å². The maximum atomic E-state index is 12.0. The predicted molar refractivity (Wildman–Crippen MR) is 64.6 cm³/mol. The van der Waals surface area contributed by atoms with Crippen LogP contribution in [0.4, 0.5) is 13.2 Å². The molecule has 1 aromatic carbocycles. The van der Waals surface area contributed by atoms with Crippen molar-refractivity contribution in [2.45, 2.75) is 11.9 Å². The van der Waals surface area contributed by atoms with Crippen LogP contribution in [0.1, 0.15) is 15.9 Å². The maximum Gasteiger partial charge on any atom is 0.441 e. The van der Waals surface area contributed by atoms with Crippen LogP contribution in [0.3, 0.4) is 0 Å². The summed E-state index contributed by atoms with van der Waals surface area (Å²) in [5, 5.41) is 0. The van der Waals surface area contributed by atoms with Crippen molar-refractivity contribution in [1.29, 1.82) is 0 Å². The van der Waals surface area contributed by atoms with Gasteiger partial charge in [-0.3, -0.25) is 4.79 Å². The Morgan fingerprint density at radius 1 is 1.28 bits per heavy atom. The standard InChI is InChI=1S/C12H12F3NOS/c13-12(14,15)18-8-7-16-6-5-9-3-1-2-4-10(9)11(16)17/h1-4H,5-8H2. The van der Waals surface area contributed by atoms with Crippen LogP contribution in [-0.4, -0.2) is 35.2 Å². The van der Waals surface area contributed by atoms with Gasteiger partial charge in [-0.1, -0.05) is 18.2 Å². The van der Waals surface area contributed by atoms with Gasteiger partial charge in [0.2, 0.25) is 0 Å². The first kappa shape index (κ1) is 13.3. The lowest BCUT2D eigenvalue weighted by molar-refractivity contribution is -0.0329. The summed E-state index contributed by atoms with van der Waals surface area (Å²) in [6.07, 6.45) is 0.707. The molecule has 1 amide bonds. The first-order valence-electron chi connectivity index (χ1n) is 5.55. The molecule has 2 rings (SSSR count). The van der Waals surface area contributed by atoms with Crippen molar-refractivity contribution < 1.29 is 18.0 Å². The molecule has 6 heteroatoms. The number of halogens is 3. The van der Waals surface area contributed by atoms with Gasteiger partial charge in [0.25, 0.3) is 5.91 Å². The van der Waals surface area contributed by atoms with Crippen LogP contribution in [0.2, 0.25) is 0 Å². The summed E-state index contributed by atoms with van der Waals surface area (Å²) in [5.74, 6) is -0.281. The van der Waals surface area contributed by atoms with E-state index in [2.05, 4.69) is 0 Å². The van der Waals surface area contributed by atoms with Crippen molar-refractivity contribution in [1.82, 2.24) is 4.90 Å². The molecule has 0 fully saturated rings. The number of nitrogens with zero attached hydrogens (tertiary/aromatic N) is 1. The molecule has 1 heterocycles. The number of thioether (sulfide) groups is 1. The third-order valence-electron chi connectivity index (χ3n) is 2.81. The third-order valence-corrected chi connectivity index (χ3v) is 3.53. The lowest BCUT2D eigenvalue weighted by Crippen LogP contribution is -2.39. The summed E-state index contributed by atoms with van der Waals surface area (Å²) in [6, 6.07) is 7.24. The number of rotatable bonds is 3.